The highest BCUT2D eigenvalue weighted by Crippen LogP contribution is 2.52. The molecule has 2 aliphatic rings. The molecule has 0 radical (unpaired) electrons. The number of aliphatic carboxylic acids is 1. The molecular formula is C21H18N4O8. The number of primary amides is 1. The number of aromatic hydroxyl groups is 1. The van der Waals surface area contributed by atoms with Crippen molar-refractivity contribution < 1.29 is 34.3 Å². The van der Waals surface area contributed by atoms with E-state index in [9.17, 15) is 39.5 Å². The lowest BCUT2D eigenvalue weighted by Crippen LogP contribution is -2.57. The molecule has 2 heterocycles. The molecule has 12 nitrogen and oxygen atoms in total. The SMILES string of the molecule is NC(=O)C[C@]1(C(=O)O)N[C@H](c2ccccc2O)[C@H]2C(=O)N(c3ccccc3[N+](=O)[O-])C(=O)[C@@H]21. The minimum atomic E-state index is -2.27. The zero-order valence-corrected chi connectivity index (χ0v) is 16.9. The standard InChI is InChI=1S/C21H18N4O8/c22-14(27)9-21(20(30)31)16-15(17(23-21)10-5-1-4-8-13(10)26)18(28)24(19(16)29)11-6-2-3-7-12(11)25(32)33/h1-8,15-17,23,26H,9H2,(H2,22,27)(H,30,31)/t15-,16+,17+,21-/m0/s1. The number of amides is 3. The third-order valence-corrected chi connectivity index (χ3v) is 6.08. The summed E-state index contributed by atoms with van der Waals surface area (Å²) in [7, 11) is 0. The molecule has 2 aromatic carbocycles. The van der Waals surface area contributed by atoms with Gasteiger partial charge in [-0.3, -0.25) is 34.6 Å². The average molecular weight is 454 g/mol. The normalized spacial score (nSPS) is 26.3. The van der Waals surface area contributed by atoms with Crippen LogP contribution in [0.5, 0.6) is 5.75 Å². The zero-order chi connectivity index (χ0) is 24.1. The number of fused-ring (bicyclic) bond motifs is 1. The number of hydrogen-bond acceptors (Lipinski definition) is 8. The van der Waals surface area contributed by atoms with Crippen molar-refractivity contribution in [2.75, 3.05) is 4.90 Å². The van der Waals surface area contributed by atoms with E-state index in [1.807, 2.05) is 0 Å². The number of para-hydroxylation sites is 3. The molecule has 2 aliphatic heterocycles. The number of hydrogen-bond donors (Lipinski definition) is 4. The van der Waals surface area contributed by atoms with E-state index in [1.54, 1.807) is 6.07 Å². The first-order valence-electron chi connectivity index (χ1n) is 9.78. The Bertz CT molecular complexity index is 1210. The van der Waals surface area contributed by atoms with Crippen LogP contribution in [0, 0.1) is 22.0 Å². The van der Waals surface area contributed by atoms with E-state index in [2.05, 4.69) is 5.32 Å². The van der Waals surface area contributed by atoms with Crippen LogP contribution in [0.1, 0.15) is 18.0 Å². The molecule has 0 spiro atoms. The summed E-state index contributed by atoms with van der Waals surface area (Å²) in [5, 5.41) is 34.6. The van der Waals surface area contributed by atoms with Crippen molar-refractivity contribution in [2.24, 2.45) is 17.6 Å². The average Bonchev–Trinajstić information content (AvgIpc) is 3.22. The Balaban J connectivity index is 1.93. The van der Waals surface area contributed by atoms with E-state index in [4.69, 9.17) is 5.73 Å². The highest BCUT2D eigenvalue weighted by Gasteiger charge is 2.69. The Morgan fingerprint density at radius 2 is 1.76 bits per heavy atom. The summed E-state index contributed by atoms with van der Waals surface area (Å²) >= 11 is 0. The first-order chi connectivity index (χ1) is 15.6. The van der Waals surface area contributed by atoms with Gasteiger partial charge in [-0.15, -0.1) is 0 Å². The molecular weight excluding hydrogens is 436 g/mol. The van der Waals surface area contributed by atoms with Crippen LogP contribution in [0.4, 0.5) is 11.4 Å². The number of imide groups is 1. The van der Waals surface area contributed by atoms with Crippen LogP contribution in [0.15, 0.2) is 48.5 Å². The molecule has 0 aliphatic carbocycles. The van der Waals surface area contributed by atoms with Gasteiger partial charge < -0.3 is 15.9 Å². The van der Waals surface area contributed by atoms with Crippen molar-refractivity contribution in [3.63, 3.8) is 0 Å². The third-order valence-electron chi connectivity index (χ3n) is 6.08. The lowest BCUT2D eigenvalue weighted by Gasteiger charge is -2.30. The highest BCUT2D eigenvalue weighted by molar-refractivity contribution is 6.25. The minimum Gasteiger partial charge on any atom is -0.508 e. The van der Waals surface area contributed by atoms with E-state index in [0.29, 0.717) is 4.90 Å². The molecule has 4 atom stereocenters. The number of nitrogens with one attached hydrogen (secondary N) is 1. The first kappa shape index (κ1) is 21.9. The molecule has 4 rings (SSSR count). The van der Waals surface area contributed by atoms with Crippen LogP contribution >= 0.6 is 0 Å². The van der Waals surface area contributed by atoms with Crippen LogP contribution in [-0.4, -0.2) is 44.4 Å². The fourth-order valence-corrected chi connectivity index (χ4v) is 4.78. The van der Waals surface area contributed by atoms with Gasteiger partial charge in [-0.25, -0.2) is 4.90 Å². The topological polar surface area (TPSA) is 193 Å². The predicted molar refractivity (Wildman–Crippen MR) is 111 cm³/mol. The number of nitro benzene ring substituents is 1. The molecule has 5 N–H and O–H groups in total. The molecule has 170 valence electrons. The van der Waals surface area contributed by atoms with Gasteiger partial charge in [0.1, 0.15) is 17.0 Å². The van der Waals surface area contributed by atoms with Crippen molar-refractivity contribution in [1.82, 2.24) is 5.32 Å². The van der Waals surface area contributed by atoms with Crippen LogP contribution in [-0.2, 0) is 19.2 Å². The van der Waals surface area contributed by atoms with Crippen molar-refractivity contribution >= 4 is 35.1 Å². The van der Waals surface area contributed by atoms with E-state index >= 15 is 0 Å². The summed E-state index contributed by atoms with van der Waals surface area (Å²) in [5.41, 5.74) is 2.31. The van der Waals surface area contributed by atoms with Gasteiger partial charge in [-0.1, -0.05) is 30.3 Å². The number of benzene rings is 2. The smallest absolute Gasteiger partial charge is 0.325 e. The Morgan fingerprint density at radius 3 is 2.36 bits per heavy atom. The van der Waals surface area contributed by atoms with Crippen molar-refractivity contribution in [3.8, 4) is 5.75 Å². The van der Waals surface area contributed by atoms with E-state index < -0.39 is 64.1 Å². The second kappa shape index (κ2) is 7.67. The van der Waals surface area contributed by atoms with E-state index in [0.717, 1.165) is 6.07 Å². The molecule has 3 amide bonds. The molecule has 0 unspecified atom stereocenters. The molecule has 33 heavy (non-hydrogen) atoms. The summed E-state index contributed by atoms with van der Waals surface area (Å²) in [6, 6.07) is 9.69. The third kappa shape index (κ3) is 3.19. The van der Waals surface area contributed by atoms with E-state index in [-0.39, 0.29) is 17.0 Å². The monoisotopic (exact) mass is 454 g/mol. The van der Waals surface area contributed by atoms with Crippen LogP contribution < -0.4 is 16.0 Å². The molecule has 2 fully saturated rings. The Morgan fingerprint density at radius 1 is 1.12 bits per heavy atom. The second-order valence-electron chi connectivity index (χ2n) is 7.86. The van der Waals surface area contributed by atoms with Crippen LogP contribution in [0.2, 0.25) is 0 Å². The summed E-state index contributed by atoms with van der Waals surface area (Å²) in [6.07, 6.45) is -0.822. The number of rotatable bonds is 6. The molecule has 2 saturated heterocycles. The summed E-state index contributed by atoms with van der Waals surface area (Å²) in [6.45, 7) is 0. The number of carbonyl (C=O) groups is 4. The zero-order valence-electron chi connectivity index (χ0n) is 16.9. The quantitative estimate of drug-likeness (QED) is 0.272. The molecule has 12 heteroatoms. The fraction of sp³-hybridized carbons (Fsp3) is 0.238. The molecule has 0 saturated carbocycles. The van der Waals surface area contributed by atoms with Crippen LogP contribution in [0.3, 0.4) is 0 Å². The Hall–Kier alpha value is -4.32. The number of carboxylic acid groups (broad SMARTS) is 1. The number of anilines is 1. The molecule has 2 aromatic rings. The lowest BCUT2D eigenvalue weighted by molar-refractivity contribution is -0.384. The fourth-order valence-electron chi connectivity index (χ4n) is 4.78. The summed E-state index contributed by atoms with van der Waals surface area (Å²) < 4.78 is 0. The minimum absolute atomic E-state index is 0.130. The predicted octanol–water partition coefficient (Wildman–Crippen LogP) is 0.449. The van der Waals surface area contributed by atoms with Gasteiger partial charge in [-0.2, -0.15) is 0 Å². The van der Waals surface area contributed by atoms with Gasteiger partial charge >= 0.3 is 5.97 Å². The van der Waals surface area contributed by atoms with Gasteiger partial charge in [-0.05, 0) is 12.1 Å². The van der Waals surface area contributed by atoms with Crippen molar-refractivity contribution in [1.29, 1.82) is 0 Å². The number of carboxylic acids is 1. The largest absolute Gasteiger partial charge is 0.508 e. The Labute approximate surface area is 185 Å². The number of carbonyl (C=O) groups excluding carboxylic acids is 3. The number of nitrogens with zero attached hydrogens (tertiary/aromatic N) is 2. The van der Waals surface area contributed by atoms with Crippen LogP contribution in [0.25, 0.3) is 0 Å². The summed E-state index contributed by atoms with van der Waals surface area (Å²) in [5.74, 6) is -7.80. The van der Waals surface area contributed by atoms with E-state index in [1.165, 1.54) is 36.4 Å². The van der Waals surface area contributed by atoms with Gasteiger partial charge in [0.05, 0.1) is 23.2 Å². The Kier molecular flexibility index (Phi) is 5.09. The number of phenols is 1. The maximum absolute atomic E-state index is 13.5. The van der Waals surface area contributed by atoms with Gasteiger partial charge in [0.2, 0.25) is 17.7 Å². The number of nitro groups is 1. The maximum atomic E-state index is 13.5. The van der Waals surface area contributed by atoms with Gasteiger partial charge in [0.15, 0.2) is 0 Å². The van der Waals surface area contributed by atoms with Crippen molar-refractivity contribution in [3.05, 3.63) is 64.2 Å². The molecule has 0 bridgehead atoms. The maximum Gasteiger partial charge on any atom is 0.325 e. The summed E-state index contributed by atoms with van der Waals surface area (Å²) in [4.78, 5) is 62.6. The second-order valence-corrected chi connectivity index (χ2v) is 7.86. The van der Waals surface area contributed by atoms with Gasteiger partial charge in [0, 0.05) is 17.7 Å². The highest BCUT2D eigenvalue weighted by atomic mass is 16.6. The van der Waals surface area contributed by atoms with Gasteiger partial charge in [0.25, 0.3) is 5.69 Å². The number of nitrogens with two attached hydrogens (primary N) is 1. The van der Waals surface area contributed by atoms with Crippen molar-refractivity contribution in [2.45, 2.75) is 18.0 Å². The lowest BCUT2D eigenvalue weighted by atomic mass is 9.77. The number of phenolic OH excluding ortho intramolecular Hbond substituents is 1. The molecule has 0 aromatic heterocycles. The first-order valence-corrected chi connectivity index (χ1v) is 9.78.